The third-order valence-corrected chi connectivity index (χ3v) is 3.44. The van der Waals surface area contributed by atoms with Gasteiger partial charge in [-0.3, -0.25) is 0 Å². The Morgan fingerprint density at radius 3 is 3.00 bits per heavy atom. The summed E-state index contributed by atoms with van der Waals surface area (Å²) in [7, 11) is 0. The Hall–Kier alpha value is -1.35. The molecule has 0 aliphatic carbocycles. The van der Waals surface area contributed by atoms with Crippen LogP contribution in [0.2, 0.25) is 0 Å². The van der Waals surface area contributed by atoms with E-state index in [9.17, 15) is 4.39 Å². The van der Waals surface area contributed by atoms with Crippen LogP contribution in [0, 0.1) is 12.7 Å². The van der Waals surface area contributed by atoms with Gasteiger partial charge in [0.2, 0.25) is 0 Å². The van der Waals surface area contributed by atoms with Crippen LogP contribution in [-0.4, -0.2) is 11.0 Å². The van der Waals surface area contributed by atoms with E-state index < -0.39 is 0 Å². The molecule has 2 aromatic rings. The van der Waals surface area contributed by atoms with Gasteiger partial charge in [0, 0.05) is 30.1 Å². The Bertz CT molecular complexity index is 557. The first-order valence-electron chi connectivity index (χ1n) is 5.68. The molecule has 1 aromatic heterocycles. The van der Waals surface area contributed by atoms with Crippen LogP contribution in [0.5, 0.6) is 0 Å². The van der Waals surface area contributed by atoms with E-state index in [0.717, 1.165) is 23.9 Å². The van der Waals surface area contributed by atoms with Crippen LogP contribution in [0.1, 0.15) is 23.7 Å². The van der Waals surface area contributed by atoms with Crippen molar-refractivity contribution in [2.24, 2.45) is 0 Å². The number of nitrogens with one attached hydrogen (secondary N) is 2. The van der Waals surface area contributed by atoms with E-state index in [1.807, 2.05) is 13.0 Å². The molecule has 0 fully saturated rings. The molecule has 0 spiro atoms. The summed E-state index contributed by atoms with van der Waals surface area (Å²) in [5.41, 5.74) is 4.24. The molecule has 0 unspecified atom stereocenters. The van der Waals surface area contributed by atoms with E-state index in [4.69, 9.17) is 0 Å². The van der Waals surface area contributed by atoms with Crippen molar-refractivity contribution in [2.45, 2.75) is 32.9 Å². The van der Waals surface area contributed by atoms with Crippen molar-refractivity contribution in [3.8, 4) is 0 Å². The Labute approximate surface area is 93.9 Å². The molecule has 3 rings (SSSR count). The van der Waals surface area contributed by atoms with Crippen LogP contribution in [0.4, 0.5) is 4.39 Å². The molecule has 0 amide bonds. The smallest absolute Gasteiger partial charge is 0.147 e. The van der Waals surface area contributed by atoms with Gasteiger partial charge in [-0.1, -0.05) is 6.07 Å². The number of hydrogen-bond acceptors (Lipinski definition) is 1. The summed E-state index contributed by atoms with van der Waals surface area (Å²) in [6.45, 7) is 5.02. The first-order valence-corrected chi connectivity index (χ1v) is 5.68. The van der Waals surface area contributed by atoms with Gasteiger partial charge >= 0.3 is 0 Å². The van der Waals surface area contributed by atoms with Crippen molar-refractivity contribution in [3.05, 3.63) is 34.8 Å². The van der Waals surface area contributed by atoms with Gasteiger partial charge in [0.05, 0.1) is 5.52 Å². The zero-order chi connectivity index (χ0) is 11.3. The van der Waals surface area contributed by atoms with Crippen molar-refractivity contribution in [1.29, 1.82) is 0 Å². The van der Waals surface area contributed by atoms with Crippen molar-refractivity contribution in [3.63, 3.8) is 0 Å². The topological polar surface area (TPSA) is 27.8 Å². The van der Waals surface area contributed by atoms with E-state index >= 15 is 0 Å². The molecule has 3 heteroatoms. The van der Waals surface area contributed by atoms with E-state index in [1.165, 1.54) is 17.3 Å². The molecule has 1 aromatic carbocycles. The fraction of sp³-hybridized carbons (Fsp3) is 0.385. The average Bonchev–Trinajstić information content (AvgIpc) is 2.63. The summed E-state index contributed by atoms with van der Waals surface area (Å²) < 4.78 is 13.7. The summed E-state index contributed by atoms with van der Waals surface area (Å²) in [4.78, 5) is 3.24. The number of aromatic nitrogens is 1. The minimum absolute atomic E-state index is 0.150. The van der Waals surface area contributed by atoms with Gasteiger partial charge in [-0.25, -0.2) is 4.39 Å². The second-order valence-corrected chi connectivity index (χ2v) is 4.68. The lowest BCUT2D eigenvalue weighted by atomic mass is 9.99. The second-order valence-electron chi connectivity index (χ2n) is 4.68. The fourth-order valence-corrected chi connectivity index (χ4v) is 2.59. The van der Waals surface area contributed by atoms with Gasteiger partial charge in [-0.05, 0) is 31.0 Å². The van der Waals surface area contributed by atoms with Crippen LogP contribution in [-0.2, 0) is 13.0 Å². The monoisotopic (exact) mass is 218 g/mol. The number of halogens is 1. The maximum Gasteiger partial charge on any atom is 0.147 e. The molecule has 2 nitrogen and oxygen atoms in total. The molecular weight excluding hydrogens is 203 g/mol. The van der Waals surface area contributed by atoms with Crippen LogP contribution in [0.25, 0.3) is 10.9 Å². The molecular formula is C13H15FN2. The number of aryl methyl sites for hydroxylation is 1. The van der Waals surface area contributed by atoms with Gasteiger partial charge in [-0.15, -0.1) is 0 Å². The highest BCUT2D eigenvalue weighted by molar-refractivity contribution is 5.88. The standard InChI is InChI=1S/C13H15FN2/c1-7-3-4-10(14)13-12(7)9-6-15-8(2)5-11(9)16-13/h3-4,8,15-16H,5-6H2,1-2H3/t8-/m0/s1. The van der Waals surface area contributed by atoms with Crippen molar-refractivity contribution >= 4 is 10.9 Å². The average molecular weight is 218 g/mol. The number of H-pyrrole nitrogens is 1. The largest absolute Gasteiger partial charge is 0.356 e. The fourth-order valence-electron chi connectivity index (χ4n) is 2.59. The van der Waals surface area contributed by atoms with Crippen LogP contribution in [0.15, 0.2) is 12.1 Å². The van der Waals surface area contributed by atoms with Gasteiger partial charge in [0.15, 0.2) is 0 Å². The minimum Gasteiger partial charge on any atom is -0.356 e. The predicted octanol–water partition coefficient (Wildman–Crippen LogP) is 2.65. The van der Waals surface area contributed by atoms with E-state index in [1.54, 1.807) is 0 Å². The third-order valence-electron chi connectivity index (χ3n) is 3.44. The number of benzene rings is 1. The lowest BCUT2D eigenvalue weighted by Gasteiger charge is -2.20. The van der Waals surface area contributed by atoms with Crippen molar-refractivity contribution < 1.29 is 4.39 Å². The zero-order valence-corrected chi connectivity index (χ0v) is 9.52. The van der Waals surface area contributed by atoms with E-state index in [-0.39, 0.29) is 5.82 Å². The highest BCUT2D eigenvalue weighted by Crippen LogP contribution is 2.30. The molecule has 1 atom stereocenters. The molecule has 2 heterocycles. The predicted molar refractivity (Wildman–Crippen MR) is 63.0 cm³/mol. The van der Waals surface area contributed by atoms with E-state index in [0.29, 0.717) is 11.6 Å². The molecule has 2 N–H and O–H groups in total. The highest BCUT2D eigenvalue weighted by atomic mass is 19.1. The summed E-state index contributed by atoms with van der Waals surface area (Å²) in [6, 6.07) is 3.85. The van der Waals surface area contributed by atoms with Crippen LogP contribution < -0.4 is 5.32 Å². The maximum atomic E-state index is 13.7. The van der Waals surface area contributed by atoms with Gasteiger partial charge in [-0.2, -0.15) is 0 Å². The second kappa shape index (κ2) is 3.32. The zero-order valence-electron chi connectivity index (χ0n) is 9.52. The number of hydrogen-bond donors (Lipinski definition) is 2. The lowest BCUT2D eigenvalue weighted by molar-refractivity contribution is 0.511. The number of fused-ring (bicyclic) bond motifs is 3. The Kier molecular flexibility index (Phi) is 2.04. The Balaban J connectivity index is 2.33. The molecule has 0 bridgehead atoms. The van der Waals surface area contributed by atoms with Gasteiger partial charge < -0.3 is 10.3 Å². The SMILES string of the molecule is Cc1ccc(F)c2[nH]c3c(c12)CN[C@@H](C)C3. The Morgan fingerprint density at radius 2 is 2.19 bits per heavy atom. The summed E-state index contributed by atoms with van der Waals surface area (Å²) >= 11 is 0. The number of aromatic amines is 1. The molecule has 1 aliphatic rings. The normalized spacial score (nSPS) is 20.1. The lowest BCUT2D eigenvalue weighted by Crippen LogP contribution is -2.32. The third kappa shape index (κ3) is 1.28. The summed E-state index contributed by atoms with van der Waals surface area (Å²) in [5, 5.41) is 4.48. The van der Waals surface area contributed by atoms with Gasteiger partial charge in [0.25, 0.3) is 0 Å². The van der Waals surface area contributed by atoms with Gasteiger partial charge in [0.1, 0.15) is 5.82 Å². The maximum absolute atomic E-state index is 13.7. The molecule has 0 saturated carbocycles. The van der Waals surface area contributed by atoms with Crippen molar-refractivity contribution in [2.75, 3.05) is 0 Å². The molecule has 0 radical (unpaired) electrons. The Morgan fingerprint density at radius 1 is 1.38 bits per heavy atom. The number of rotatable bonds is 0. The van der Waals surface area contributed by atoms with Crippen LogP contribution >= 0.6 is 0 Å². The van der Waals surface area contributed by atoms with Crippen molar-refractivity contribution in [1.82, 2.24) is 10.3 Å². The first kappa shape index (κ1) is 9.85. The molecule has 1 aliphatic heterocycles. The summed E-state index contributed by atoms with van der Waals surface area (Å²) in [5.74, 6) is -0.150. The molecule has 84 valence electrons. The summed E-state index contributed by atoms with van der Waals surface area (Å²) in [6.07, 6.45) is 0.947. The quantitative estimate of drug-likeness (QED) is 0.699. The molecule has 16 heavy (non-hydrogen) atoms. The van der Waals surface area contributed by atoms with E-state index in [2.05, 4.69) is 17.2 Å². The van der Waals surface area contributed by atoms with Crippen LogP contribution in [0.3, 0.4) is 0 Å². The first-order chi connectivity index (χ1) is 7.66. The highest BCUT2D eigenvalue weighted by Gasteiger charge is 2.21. The minimum atomic E-state index is -0.150. The molecule has 0 saturated heterocycles.